The van der Waals surface area contributed by atoms with Gasteiger partial charge < -0.3 is 10.0 Å². The highest BCUT2D eigenvalue weighted by molar-refractivity contribution is 6.31. The molecule has 0 aliphatic rings. The average Bonchev–Trinajstić information content (AvgIpc) is 2.28. The molecule has 0 radical (unpaired) electrons. The van der Waals surface area contributed by atoms with Crippen LogP contribution in [0.4, 0.5) is 0 Å². The van der Waals surface area contributed by atoms with Crippen molar-refractivity contribution in [3.05, 3.63) is 34.9 Å². The topological polar surface area (TPSA) is 40.5 Å². The molecule has 88 valence electrons. The Labute approximate surface area is 101 Å². The van der Waals surface area contributed by atoms with Crippen LogP contribution in [-0.2, 0) is 11.2 Å². The molecule has 0 aliphatic heterocycles. The average molecular weight is 242 g/mol. The number of benzene rings is 1. The molecule has 1 aromatic carbocycles. The predicted molar refractivity (Wildman–Crippen MR) is 64.5 cm³/mol. The molecule has 1 N–H and O–H groups in total. The first-order valence-corrected chi connectivity index (χ1v) is 5.61. The van der Waals surface area contributed by atoms with Crippen molar-refractivity contribution in [2.45, 2.75) is 12.8 Å². The summed E-state index contributed by atoms with van der Waals surface area (Å²) in [5.41, 5.74) is 0.981. The number of carbonyl (C=O) groups is 1. The molecule has 16 heavy (non-hydrogen) atoms. The molecule has 3 nitrogen and oxygen atoms in total. The van der Waals surface area contributed by atoms with E-state index in [4.69, 9.17) is 16.7 Å². The Bertz CT molecular complexity index is 355. The van der Waals surface area contributed by atoms with Gasteiger partial charge in [0, 0.05) is 25.0 Å². The molecule has 0 fully saturated rings. The van der Waals surface area contributed by atoms with Crippen LogP contribution < -0.4 is 0 Å². The number of nitrogens with zero attached hydrogens (tertiary/aromatic N) is 1. The molecule has 0 heterocycles. The number of likely N-dealkylation sites (N-methyl/N-ethyl adjacent to an activating group) is 1. The summed E-state index contributed by atoms with van der Waals surface area (Å²) >= 11 is 5.98. The largest absolute Gasteiger partial charge is 0.395 e. The third-order valence-corrected chi connectivity index (χ3v) is 2.80. The summed E-state index contributed by atoms with van der Waals surface area (Å²) in [5, 5.41) is 9.39. The van der Waals surface area contributed by atoms with Crippen molar-refractivity contribution in [2.75, 3.05) is 20.2 Å². The van der Waals surface area contributed by atoms with Crippen LogP contribution in [0.25, 0.3) is 0 Å². The molecule has 1 aromatic rings. The van der Waals surface area contributed by atoms with Gasteiger partial charge in [0.2, 0.25) is 5.91 Å². The van der Waals surface area contributed by atoms with E-state index in [1.165, 1.54) is 4.90 Å². The molecule has 0 aromatic heterocycles. The highest BCUT2D eigenvalue weighted by atomic mass is 35.5. The first-order valence-electron chi connectivity index (χ1n) is 5.23. The maximum Gasteiger partial charge on any atom is 0.222 e. The van der Waals surface area contributed by atoms with Crippen molar-refractivity contribution in [3.63, 3.8) is 0 Å². The predicted octanol–water partition coefficient (Wildman–Crippen LogP) is 1.72. The van der Waals surface area contributed by atoms with E-state index < -0.39 is 0 Å². The minimum absolute atomic E-state index is 0.00562. The lowest BCUT2D eigenvalue weighted by atomic mass is 10.1. The molecule has 4 heteroatoms. The molecule has 1 amide bonds. The number of aryl methyl sites for hydroxylation is 1. The van der Waals surface area contributed by atoms with Gasteiger partial charge in [0.25, 0.3) is 0 Å². The fraction of sp³-hybridized carbons (Fsp3) is 0.417. The quantitative estimate of drug-likeness (QED) is 0.853. The van der Waals surface area contributed by atoms with E-state index >= 15 is 0 Å². The Morgan fingerprint density at radius 3 is 2.75 bits per heavy atom. The van der Waals surface area contributed by atoms with Gasteiger partial charge in [0.05, 0.1) is 6.61 Å². The van der Waals surface area contributed by atoms with Gasteiger partial charge in [0.1, 0.15) is 0 Å². The number of rotatable bonds is 5. The Balaban J connectivity index is 2.46. The molecule has 0 saturated carbocycles. The summed E-state index contributed by atoms with van der Waals surface area (Å²) in [7, 11) is 1.69. The monoisotopic (exact) mass is 241 g/mol. The van der Waals surface area contributed by atoms with Gasteiger partial charge in [0.15, 0.2) is 0 Å². The number of halogens is 1. The standard InChI is InChI=1S/C12H16ClNO2/c1-14(8-9-15)12(16)7-6-10-4-2-3-5-11(10)13/h2-5,15H,6-9H2,1H3. The van der Waals surface area contributed by atoms with E-state index in [0.717, 1.165) is 5.56 Å². The van der Waals surface area contributed by atoms with Crippen LogP contribution in [-0.4, -0.2) is 36.1 Å². The first kappa shape index (κ1) is 13.0. The summed E-state index contributed by atoms with van der Waals surface area (Å²) in [6, 6.07) is 7.51. The van der Waals surface area contributed by atoms with E-state index in [0.29, 0.717) is 24.4 Å². The van der Waals surface area contributed by atoms with E-state index in [1.54, 1.807) is 7.05 Å². The summed E-state index contributed by atoms with van der Waals surface area (Å²) in [5.74, 6) is 0.0222. The highest BCUT2D eigenvalue weighted by Gasteiger charge is 2.08. The van der Waals surface area contributed by atoms with Crippen molar-refractivity contribution >= 4 is 17.5 Å². The smallest absolute Gasteiger partial charge is 0.222 e. The second-order valence-corrected chi connectivity index (χ2v) is 4.04. The number of aliphatic hydroxyl groups excluding tert-OH is 1. The first-order chi connectivity index (χ1) is 7.65. The number of hydrogen-bond acceptors (Lipinski definition) is 2. The van der Waals surface area contributed by atoms with Crippen LogP contribution in [0.3, 0.4) is 0 Å². The van der Waals surface area contributed by atoms with Crippen molar-refractivity contribution in [1.82, 2.24) is 4.90 Å². The molecule has 1 rings (SSSR count). The van der Waals surface area contributed by atoms with Gasteiger partial charge in [-0.3, -0.25) is 4.79 Å². The normalized spacial score (nSPS) is 10.2. The summed E-state index contributed by atoms with van der Waals surface area (Å²) in [6.07, 6.45) is 1.05. The Morgan fingerprint density at radius 1 is 1.44 bits per heavy atom. The number of carbonyl (C=O) groups excluding carboxylic acids is 1. The second-order valence-electron chi connectivity index (χ2n) is 3.63. The van der Waals surface area contributed by atoms with Crippen molar-refractivity contribution in [3.8, 4) is 0 Å². The van der Waals surface area contributed by atoms with Crippen LogP contribution in [0.5, 0.6) is 0 Å². The Kier molecular flexibility index (Phi) is 5.29. The van der Waals surface area contributed by atoms with Gasteiger partial charge in [-0.2, -0.15) is 0 Å². The molecule has 0 saturated heterocycles. The summed E-state index contributed by atoms with van der Waals surface area (Å²) in [4.78, 5) is 13.1. The zero-order valence-corrected chi connectivity index (χ0v) is 10.1. The van der Waals surface area contributed by atoms with Crippen LogP contribution in [0.1, 0.15) is 12.0 Å². The van der Waals surface area contributed by atoms with Gasteiger partial charge in [-0.1, -0.05) is 29.8 Å². The van der Waals surface area contributed by atoms with E-state index in [-0.39, 0.29) is 12.5 Å². The molecular weight excluding hydrogens is 226 g/mol. The van der Waals surface area contributed by atoms with Gasteiger partial charge in [-0.05, 0) is 18.1 Å². The summed E-state index contributed by atoms with van der Waals surface area (Å²) in [6.45, 7) is 0.371. The Morgan fingerprint density at radius 2 is 2.12 bits per heavy atom. The maximum absolute atomic E-state index is 11.6. The molecular formula is C12H16ClNO2. The fourth-order valence-corrected chi connectivity index (χ4v) is 1.64. The van der Waals surface area contributed by atoms with Crippen LogP contribution in [0.15, 0.2) is 24.3 Å². The number of hydrogen-bond donors (Lipinski definition) is 1. The lowest BCUT2D eigenvalue weighted by Gasteiger charge is -2.15. The van der Waals surface area contributed by atoms with E-state index in [9.17, 15) is 4.79 Å². The van der Waals surface area contributed by atoms with Gasteiger partial charge in [-0.25, -0.2) is 0 Å². The fourth-order valence-electron chi connectivity index (χ4n) is 1.41. The minimum atomic E-state index is -0.00562. The Hall–Kier alpha value is -1.06. The lowest BCUT2D eigenvalue weighted by molar-refractivity contribution is -0.130. The van der Waals surface area contributed by atoms with Crippen LogP contribution in [0, 0.1) is 0 Å². The minimum Gasteiger partial charge on any atom is -0.395 e. The zero-order chi connectivity index (χ0) is 12.0. The van der Waals surface area contributed by atoms with Crippen molar-refractivity contribution in [2.24, 2.45) is 0 Å². The van der Waals surface area contributed by atoms with Crippen LogP contribution in [0.2, 0.25) is 5.02 Å². The molecule has 0 unspecified atom stereocenters. The molecule has 0 atom stereocenters. The highest BCUT2D eigenvalue weighted by Crippen LogP contribution is 2.16. The second kappa shape index (κ2) is 6.51. The molecule has 0 bridgehead atoms. The number of amides is 1. The zero-order valence-electron chi connectivity index (χ0n) is 9.32. The summed E-state index contributed by atoms with van der Waals surface area (Å²) < 4.78 is 0. The lowest BCUT2D eigenvalue weighted by Crippen LogP contribution is -2.29. The molecule has 0 spiro atoms. The van der Waals surface area contributed by atoms with Crippen LogP contribution >= 0.6 is 11.6 Å². The van der Waals surface area contributed by atoms with E-state index in [1.807, 2.05) is 24.3 Å². The van der Waals surface area contributed by atoms with Gasteiger partial charge in [-0.15, -0.1) is 0 Å². The third kappa shape index (κ3) is 3.83. The maximum atomic E-state index is 11.6. The van der Waals surface area contributed by atoms with Gasteiger partial charge >= 0.3 is 0 Å². The SMILES string of the molecule is CN(CCO)C(=O)CCc1ccccc1Cl. The van der Waals surface area contributed by atoms with Crippen molar-refractivity contribution < 1.29 is 9.90 Å². The molecule has 0 aliphatic carbocycles. The van der Waals surface area contributed by atoms with Crippen molar-refractivity contribution in [1.29, 1.82) is 0 Å². The third-order valence-electron chi connectivity index (χ3n) is 2.43. The number of aliphatic hydroxyl groups is 1. The van der Waals surface area contributed by atoms with E-state index in [2.05, 4.69) is 0 Å².